The Morgan fingerprint density at radius 3 is 2.62 bits per heavy atom. The van der Waals surface area contributed by atoms with Crippen LogP contribution in [0.4, 0.5) is 11.4 Å². The number of nitrogens with two attached hydrogens (primary N) is 1. The van der Waals surface area contributed by atoms with E-state index >= 15 is 0 Å². The van der Waals surface area contributed by atoms with Crippen molar-refractivity contribution in [2.45, 2.75) is 6.61 Å². The van der Waals surface area contributed by atoms with Gasteiger partial charge >= 0.3 is 0 Å². The van der Waals surface area contributed by atoms with Gasteiger partial charge < -0.3 is 20.5 Å². The lowest BCUT2D eigenvalue weighted by Gasteiger charge is -2.13. The van der Waals surface area contributed by atoms with Gasteiger partial charge in [0.15, 0.2) is 0 Å². The van der Waals surface area contributed by atoms with Crippen molar-refractivity contribution in [2.24, 2.45) is 0 Å². The van der Waals surface area contributed by atoms with Gasteiger partial charge in [-0.25, -0.2) is 0 Å². The first-order valence-electron chi connectivity index (χ1n) is 6.48. The summed E-state index contributed by atoms with van der Waals surface area (Å²) in [6.45, 7) is 0.415. The Kier molecular flexibility index (Phi) is 4.79. The molecule has 3 N–H and O–H groups in total. The van der Waals surface area contributed by atoms with Gasteiger partial charge in [0.1, 0.15) is 11.3 Å². The number of hydrogen-bond acceptors (Lipinski definition) is 4. The molecule has 0 aromatic heterocycles. The Bertz CT molecular complexity index is 641. The van der Waals surface area contributed by atoms with Crippen molar-refractivity contribution in [1.82, 2.24) is 0 Å². The fourth-order valence-electron chi connectivity index (χ4n) is 2.07. The summed E-state index contributed by atoms with van der Waals surface area (Å²) in [5.74, 6) is 0.130. The SMILES string of the molecule is COCc1ccccc1NC(=O)c1c(N)cccc1OC. The standard InChI is InChI=1S/C16H18N2O3/c1-20-10-11-6-3-4-8-13(11)18-16(19)15-12(17)7-5-9-14(15)21-2/h3-9H,10,17H2,1-2H3,(H,18,19). The van der Waals surface area contributed by atoms with Gasteiger partial charge in [-0.05, 0) is 18.2 Å². The van der Waals surface area contributed by atoms with Crippen LogP contribution in [0, 0.1) is 0 Å². The topological polar surface area (TPSA) is 73.6 Å². The Labute approximate surface area is 123 Å². The molecular weight excluding hydrogens is 268 g/mol. The number of hydrogen-bond donors (Lipinski definition) is 2. The van der Waals surface area contributed by atoms with Gasteiger partial charge in [0.05, 0.1) is 13.7 Å². The van der Waals surface area contributed by atoms with Gasteiger partial charge in [-0.1, -0.05) is 24.3 Å². The van der Waals surface area contributed by atoms with E-state index in [1.54, 1.807) is 25.3 Å². The molecule has 5 heteroatoms. The fraction of sp³-hybridized carbons (Fsp3) is 0.188. The average Bonchev–Trinajstić information content (AvgIpc) is 2.49. The van der Waals surface area contributed by atoms with E-state index in [1.807, 2.05) is 24.3 Å². The second kappa shape index (κ2) is 6.76. The second-order valence-electron chi connectivity index (χ2n) is 4.47. The molecule has 0 aliphatic carbocycles. The van der Waals surface area contributed by atoms with Crippen LogP contribution in [0.15, 0.2) is 42.5 Å². The summed E-state index contributed by atoms with van der Waals surface area (Å²) in [5.41, 5.74) is 8.16. The van der Waals surface area contributed by atoms with Gasteiger partial charge in [0.25, 0.3) is 5.91 Å². The number of nitrogen functional groups attached to an aromatic ring is 1. The molecule has 0 spiro atoms. The molecule has 0 saturated heterocycles. The minimum atomic E-state index is -0.312. The second-order valence-corrected chi connectivity index (χ2v) is 4.47. The highest BCUT2D eigenvalue weighted by Crippen LogP contribution is 2.26. The molecule has 0 aliphatic rings. The number of ether oxygens (including phenoxy) is 2. The van der Waals surface area contributed by atoms with Gasteiger partial charge in [-0.15, -0.1) is 0 Å². The van der Waals surface area contributed by atoms with E-state index in [4.69, 9.17) is 15.2 Å². The molecule has 2 aromatic carbocycles. The summed E-state index contributed by atoms with van der Waals surface area (Å²) in [5, 5.41) is 2.85. The molecule has 0 saturated carbocycles. The lowest BCUT2D eigenvalue weighted by Crippen LogP contribution is -2.16. The predicted octanol–water partition coefficient (Wildman–Crippen LogP) is 2.68. The highest BCUT2D eigenvalue weighted by atomic mass is 16.5. The summed E-state index contributed by atoms with van der Waals surface area (Å²) in [6.07, 6.45) is 0. The first-order chi connectivity index (χ1) is 10.2. The maximum absolute atomic E-state index is 12.5. The number of amides is 1. The van der Waals surface area contributed by atoms with Crippen LogP contribution in [0.2, 0.25) is 0 Å². The molecule has 0 fully saturated rings. The Hall–Kier alpha value is -2.53. The van der Waals surface area contributed by atoms with Gasteiger partial charge in [0.2, 0.25) is 0 Å². The third-order valence-electron chi connectivity index (χ3n) is 3.07. The molecule has 0 unspecified atom stereocenters. The van der Waals surface area contributed by atoms with Crippen LogP contribution in [-0.4, -0.2) is 20.1 Å². The zero-order valence-corrected chi connectivity index (χ0v) is 12.1. The minimum Gasteiger partial charge on any atom is -0.496 e. The molecule has 2 rings (SSSR count). The molecule has 0 aliphatic heterocycles. The highest BCUT2D eigenvalue weighted by molar-refractivity contribution is 6.10. The van der Waals surface area contributed by atoms with Crippen LogP contribution < -0.4 is 15.8 Å². The smallest absolute Gasteiger partial charge is 0.261 e. The average molecular weight is 286 g/mol. The maximum Gasteiger partial charge on any atom is 0.261 e. The zero-order chi connectivity index (χ0) is 15.2. The maximum atomic E-state index is 12.5. The third kappa shape index (κ3) is 3.32. The Morgan fingerprint density at radius 1 is 1.14 bits per heavy atom. The number of carbonyl (C=O) groups is 1. The first-order valence-corrected chi connectivity index (χ1v) is 6.48. The Morgan fingerprint density at radius 2 is 1.90 bits per heavy atom. The largest absolute Gasteiger partial charge is 0.496 e. The molecule has 0 atom stereocenters. The summed E-state index contributed by atoms with van der Waals surface area (Å²) < 4.78 is 10.3. The van der Waals surface area contributed by atoms with Crippen molar-refractivity contribution in [3.63, 3.8) is 0 Å². The van der Waals surface area contributed by atoms with Crippen molar-refractivity contribution < 1.29 is 14.3 Å². The summed E-state index contributed by atoms with van der Waals surface area (Å²) in [7, 11) is 3.11. The van der Waals surface area contributed by atoms with Crippen molar-refractivity contribution in [1.29, 1.82) is 0 Å². The van der Waals surface area contributed by atoms with Crippen LogP contribution >= 0.6 is 0 Å². The van der Waals surface area contributed by atoms with E-state index in [2.05, 4.69) is 5.32 Å². The van der Waals surface area contributed by atoms with Gasteiger partial charge in [-0.3, -0.25) is 4.79 Å². The zero-order valence-electron chi connectivity index (χ0n) is 12.1. The van der Waals surface area contributed by atoms with Crippen molar-refractivity contribution in [3.05, 3.63) is 53.6 Å². The quantitative estimate of drug-likeness (QED) is 0.829. The molecule has 1 amide bonds. The van der Waals surface area contributed by atoms with E-state index in [-0.39, 0.29) is 5.91 Å². The lowest BCUT2D eigenvalue weighted by atomic mass is 10.1. The highest BCUT2D eigenvalue weighted by Gasteiger charge is 2.16. The van der Waals surface area contributed by atoms with Crippen LogP contribution in [0.5, 0.6) is 5.75 Å². The molecule has 110 valence electrons. The molecule has 2 aromatic rings. The van der Waals surface area contributed by atoms with E-state index < -0.39 is 0 Å². The number of methoxy groups -OCH3 is 2. The summed E-state index contributed by atoms with van der Waals surface area (Å²) >= 11 is 0. The molecule has 5 nitrogen and oxygen atoms in total. The van der Waals surface area contributed by atoms with Crippen LogP contribution in [0.25, 0.3) is 0 Å². The third-order valence-corrected chi connectivity index (χ3v) is 3.07. The van der Waals surface area contributed by atoms with Crippen LogP contribution in [0.1, 0.15) is 15.9 Å². The van der Waals surface area contributed by atoms with Crippen molar-refractivity contribution >= 4 is 17.3 Å². The van der Waals surface area contributed by atoms with E-state index in [1.165, 1.54) is 7.11 Å². The number of carbonyl (C=O) groups excluding carboxylic acids is 1. The normalized spacial score (nSPS) is 10.2. The van der Waals surface area contributed by atoms with Crippen LogP contribution in [-0.2, 0) is 11.3 Å². The monoisotopic (exact) mass is 286 g/mol. The van der Waals surface area contributed by atoms with E-state index in [0.29, 0.717) is 29.3 Å². The van der Waals surface area contributed by atoms with Crippen molar-refractivity contribution in [3.8, 4) is 5.75 Å². The molecule has 0 bridgehead atoms. The molecule has 21 heavy (non-hydrogen) atoms. The number of rotatable bonds is 5. The predicted molar refractivity (Wildman–Crippen MR) is 82.5 cm³/mol. The van der Waals surface area contributed by atoms with Gasteiger partial charge in [0, 0.05) is 24.0 Å². The van der Waals surface area contributed by atoms with E-state index in [0.717, 1.165) is 5.56 Å². The number of nitrogens with one attached hydrogen (secondary N) is 1. The fourth-order valence-corrected chi connectivity index (χ4v) is 2.07. The minimum absolute atomic E-state index is 0.312. The molecular formula is C16H18N2O3. The summed E-state index contributed by atoms with van der Waals surface area (Å²) in [4.78, 5) is 12.5. The molecule has 0 radical (unpaired) electrons. The van der Waals surface area contributed by atoms with Crippen LogP contribution in [0.3, 0.4) is 0 Å². The number of benzene rings is 2. The molecule has 0 heterocycles. The van der Waals surface area contributed by atoms with E-state index in [9.17, 15) is 4.79 Å². The van der Waals surface area contributed by atoms with Crippen molar-refractivity contribution in [2.75, 3.05) is 25.3 Å². The van der Waals surface area contributed by atoms with Gasteiger partial charge in [-0.2, -0.15) is 0 Å². The first kappa shape index (κ1) is 14.9. The number of anilines is 2. The Balaban J connectivity index is 2.31. The number of para-hydroxylation sites is 1. The summed E-state index contributed by atoms with van der Waals surface area (Å²) in [6, 6.07) is 12.6. The lowest BCUT2D eigenvalue weighted by molar-refractivity contribution is 0.102.